The number of rotatable bonds is 0. The molecule has 0 aliphatic carbocycles. The Bertz CT molecular complexity index is 223. The number of hydrogen-bond acceptors (Lipinski definition) is 4. The van der Waals surface area contributed by atoms with Crippen LogP contribution in [0.15, 0.2) is 4.52 Å². The van der Waals surface area contributed by atoms with Gasteiger partial charge in [-0.3, -0.25) is 0 Å². The first-order valence-corrected chi connectivity index (χ1v) is 3.10. The Morgan fingerprint density at radius 1 is 1.40 bits per heavy atom. The van der Waals surface area contributed by atoms with Crippen molar-refractivity contribution in [2.45, 2.75) is 26.2 Å². The van der Waals surface area contributed by atoms with Crippen LogP contribution in [-0.4, -0.2) is 10.1 Å². The van der Waals surface area contributed by atoms with E-state index in [4.69, 9.17) is 5.73 Å². The maximum Gasteiger partial charge on any atom is 0.318 e. The maximum absolute atomic E-state index is 5.24. The molecule has 10 heavy (non-hydrogen) atoms. The van der Waals surface area contributed by atoms with E-state index in [9.17, 15) is 0 Å². The van der Waals surface area contributed by atoms with Gasteiger partial charge in [-0.05, 0) is 0 Å². The number of aromatic nitrogens is 2. The van der Waals surface area contributed by atoms with Crippen LogP contribution in [-0.2, 0) is 5.41 Å². The number of nitrogen functional groups attached to an aromatic ring is 1. The normalized spacial score (nSPS) is 11.9. The van der Waals surface area contributed by atoms with Gasteiger partial charge >= 0.3 is 6.01 Å². The highest BCUT2D eigenvalue weighted by molar-refractivity contribution is 5.11. The molecule has 56 valence electrons. The molecule has 1 aromatic rings. The third-order valence-corrected chi connectivity index (χ3v) is 1.11. The molecule has 2 N–H and O–H groups in total. The standard InChI is InChI=1S/C6H11N3O/c1-6(2,3)4-8-5(7)10-9-4/h1-3H3,(H2,7,8,9). The van der Waals surface area contributed by atoms with Gasteiger partial charge in [-0.1, -0.05) is 25.9 Å². The van der Waals surface area contributed by atoms with Gasteiger partial charge in [0.25, 0.3) is 0 Å². The van der Waals surface area contributed by atoms with Crippen LogP contribution in [0.1, 0.15) is 26.6 Å². The van der Waals surface area contributed by atoms with Crippen molar-refractivity contribution in [2.24, 2.45) is 0 Å². The summed E-state index contributed by atoms with van der Waals surface area (Å²) in [6.07, 6.45) is 0. The van der Waals surface area contributed by atoms with E-state index < -0.39 is 0 Å². The first-order chi connectivity index (χ1) is 4.50. The zero-order valence-electron chi connectivity index (χ0n) is 6.38. The van der Waals surface area contributed by atoms with Gasteiger partial charge in [0, 0.05) is 5.41 Å². The molecular weight excluding hydrogens is 130 g/mol. The molecule has 0 unspecified atom stereocenters. The SMILES string of the molecule is CC(C)(C)c1noc(N)n1. The van der Waals surface area contributed by atoms with E-state index in [1.807, 2.05) is 20.8 Å². The molecule has 4 heteroatoms. The summed E-state index contributed by atoms with van der Waals surface area (Å²) < 4.78 is 4.61. The predicted octanol–water partition coefficient (Wildman–Crippen LogP) is 0.949. The molecule has 0 saturated carbocycles. The summed E-state index contributed by atoms with van der Waals surface area (Å²) in [5, 5.41) is 3.68. The largest absolute Gasteiger partial charge is 0.351 e. The minimum Gasteiger partial charge on any atom is -0.351 e. The fraction of sp³-hybridized carbons (Fsp3) is 0.667. The summed E-state index contributed by atoms with van der Waals surface area (Å²) in [4.78, 5) is 3.88. The summed E-state index contributed by atoms with van der Waals surface area (Å²) in [6.45, 7) is 5.99. The molecule has 1 rings (SSSR count). The lowest BCUT2D eigenvalue weighted by Crippen LogP contribution is -2.13. The van der Waals surface area contributed by atoms with Gasteiger partial charge < -0.3 is 10.3 Å². The molecule has 4 nitrogen and oxygen atoms in total. The molecule has 0 radical (unpaired) electrons. The quantitative estimate of drug-likeness (QED) is 0.584. The van der Waals surface area contributed by atoms with Crippen LogP contribution in [0.4, 0.5) is 6.01 Å². The Balaban J connectivity index is 2.96. The Morgan fingerprint density at radius 2 is 2.00 bits per heavy atom. The van der Waals surface area contributed by atoms with E-state index in [0.717, 1.165) is 0 Å². The van der Waals surface area contributed by atoms with Gasteiger partial charge in [0.1, 0.15) is 0 Å². The molecule has 0 fully saturated rings. The van der Waals surface area contributed by atoms with E-state index in [1.54, 1.807) is 0 Å². The Morgan fingerprint density at radius 3 is 2.20 bits per heavy atom. The van der Waals surface area contributed by atoms with Crippen molar-refractivity contribution in [2.75, 3.05) is 5.73 Å². The van der Waals surface area contributed by atoms with Crippen molar-refractivity contribution in [3.63, 3.8) is 0 Å². The van der Waals surface area contributed by atoms with E-state index in [0.29, 0.717) is 5.82 Å². The van der Waals surface area contributed by atoms with Crippen molar-refractivity contribution in [1.82, 2.24) is 10.1 Å². The predicted molar refractivity (Wildman–Crippen MR) is 37.4 cm³/mol. The third kappa shape index (κ3) is 1.26. The number of nitrogens with zero attached hydrogens (tertiary/aromatic N) is 2. The third-order valence-electron chi connectivity index (χ3n) is 1.11. The van der Waals surface area contributed by atoms with Crippen molar-refractivity contribution >= 4 is 6.01 Å². The van der Waals surface area contributed by atoms with Crippen LogP contribution in [0, 0.1) is 0 Å². The molecule has 0 aromatic carbocycles. The van der Waals surface area contributed by atoms with Crippen LogP contribution >= 0.6 is 0 Å². The first-order valence-electron chi connectivity index (χ1n) is 3.10. The average Bonchev–Trinajstić information content (AvgIpc) is 2.11. The van der Waals surface area contributed by atoms with Crippen molar-refractivity contribution < 1.29 is 4.52 Å². The first kappa shape index (κ1) is 7.05. The molecule has 0 bridgehead atoms. The molecule has 1 heterocycles. The van der Waals surface area contributed by atoms with Gasteiger partial charge in [-0.2, -0.15) is 4.98 Å². The zero-order valence-corrected chi connectivity index (χ0v) is 6.38. The topological polar surface area (TPSA) is 64.9 Å². The van der Waals surface area contributed by atoms with Crippen LogP contribution < -0.4 is 5.73 Å². The highest BCUT2D eigenvalue weighted by Crippen LogP contribution is 2.18. The minimum absolute atomic E-state index is 0.0822. The van der Waals surface area contributed by atoms with Crippen LogP contribution in [0.25, 0.3) is 0 Å². The lowest BCUT2D eigenvalue weighted by molar-refractivity contribution is 0.405. The summed E-state index contributed by atoms with van der Waals surface area (Å²) in [6, 6.07) is 0.130. The van der Waals surface area contributed by atoms with Gasteiger partial charge in [0.2, 0.25) is 0 Å². The average molecular weight is 141 g/mol. The summed E-state index contributed by atoms with van der Waals surface area (Å²) in [5.74, 6) is 0.644. The minimum atomic E-state index is -0.0822. The summed E-state index contributed by atoms with van der Waals surface area (Å²) in [5.41, 5.74) is 5.15. The van der Waals surface area contributed by atoms with Crippen LogP contribution in [0.3, 0.4) is 0 Å². The number of hydrogen-bond donors (Lipinski definition) is 1. The number of nitrogens with two attached hydrogens (primary N) is 1. The fourth-order valence-corrected chi connectivity index (χ4v) is 0.540. The molecule has 1 aromatic heterocycles. The Kier molecular flexibility index (Phi) is 1.39. The fourth-order valence-electron chi connectivity index (χ4n) is 0.540. The number of anilines is 1. The van der Waals surface area contributed by atoms with E-state index in [1.165, 1.54) is 0 Å². The van der Waals surface area contributed by atoms with Gasteiger partial charge in [0.05, 0.1) is 0 Å². The van der Waals surface area contributed by atoms with Crippen molar-refractivity contribution in [3.8, 4) is 0 Å². The second kappa shape index (κ2) is 1.97. The summed E-state index contributed by atoms with van der Waals surface area (Å²) in [7, 11) is 0. The lowest BCUT2D eigenvalue weighted by atomic mass is 9.96. The smallest absolute Gasteiger partial charge is 0.318 e. The van der Waals surface area contributed by atoms with E-state index >= 15 is 0 Å². The molecule has 0 atom stereocenters. The highest BCUT2D eigenvalue weighted by Gasteiger charge is 2.19. The van der Waals surface area contributed by atoms with Gasteiger partial charge in [-0.25, -0.2) is 0 Å². The van der Waals surface area contributed by atoms with Crippen molar-refractivity contribution in [3.05, 3.63) is 5.82 Å². The van der Waals surface area contributed by atoms with Crippen LogP contribution in [0.2, 0.25) is 0 Å². The zero-order chi connectivity index (χ0) is 7.78. The Labute approximate surface area is 59.4 Å². The molecule has 0 aliphatic heterocycles. The van der Waals surface area contributed by atoms with E-state index in [-0.39, 0.29) is 11.4 Å². The van der Waals surface area contributed by atoms with Crippen LogP contribution in [0.5, 0.6) is 0 Å². The van der Waals surface area contributed by atoms with Crippen molar-refractivity contribution in [1.29, 1.82) is 0 Å². The molecule has 0 spiro atoms. The second-order valence-corrected chi connectivity index (χ2v) is 3.21. The van der Waals surface area contributed by atoms with Gasteiger partial charge in [0.15, 0.2) is 5.82 Å². The maximum atomic E-state index is 5.24. The monoisotopic (exact) mass is 141 g/mol. The molecule has 0 amide bonds. The molecular formula is C6H11N3O. The second-order valence-electron chi connectivity index (χ2n) is 3.21. The lowest BCUT2D eigenvalue weighted by Gasteiger charge is -2.10. The van der Waals surface area contributed by atoms with Gasteiger partial charge in [-0.15, -0.1) is 0 Å². The highest BCUT2D eigenvalue weighted by atomic mass is 16.5. The molecule has 0 aliphatic rings. The van der Waals surface area contributed by atoms with E-state index in [2.05, 4.69) is 14.7 Å². The Hall–Kier alpha value is -1.06. The summed E-state index contributed by atoms with van der Waals surface area (Å²) >= 11 is 0. The molecule has 0 saturated heterocycles.